The van der Waals surface area contributed by atoms with Crippen molar-refractivity contribution in [1.82, 2.24) is 0 Å². The van der Waals surface area contributed by atoms with E-state index in [1.54, 1.807) is 55.5 Å². The molecule has 0 N–H and O–H groups in total. The third-order valence-corrected chi connectivity index (χ3v) is 5.16. The van der Waals surface area contributed by atoms with E-state index >= 15 is 0 Å². The predicted molar refractivity (Wildman–Crippen MR) is 115 cm³/mol. The maximum atomic E-state index is 13.7. The highest BCUT2D eigenvalue weighted by molar-refractivity contribution is 6.15. The number of piperazine rings is 1. The first-order valence-electron chi connectivity index (χ1n) is 9.59. The minimum Gasteiger partial charge on any atom is -0.497 e. The Balaban J connectivity index is 1.80. The van der Waals surface area contributed by atoms with Crippen LogP contribution in [0.5, 0.6) is 11.5 Å². The van der Waals surface area contributed by atoms with Crippen LogP contribution in [0, 0.1) is 0 Å². The van der Waals surface area contributed by atoms with Gasteiger partial charge in [0.2, 0.25) is 5.91 Å². The zero-order valence-corrected chi connectivity index (χ0v) is 16.8. The van der Waals surface area contributed by atoms with Crippen molar-refractivity contribution < 1.29 is 19.1 Å². The van der Waals surface area contributed by atoms with Crippen molar-refractivity contribution in [2.24, 2.45) is 0 Å². The van der Waals surface area contributed by atoms with Gasteiger partial charge in [0.05, 0.1) is 19.9 Å². The predicted octanol–water partition coefficient (Wildman–Crippen LogP) is 3.82. The van der Waals surface area contributed by atoms with E-state index in [9.17, 15) is 9.59 Å². The number of para-hydroxylation sites is 2. The van der Waals surface area contributed by atoms with Gasteiger partial charge in [0.1, 0.15) is 24.1 Å². The molecule has 1 heterocycles. The Morgan fingerprint density at radius 2 is 1.47 bits per heavy atom. The first-order valence-corrected chi connectivity index (χ1v) is 9.59. The summed E-state index contributed by atoms with van der Waals surface area (Å²) in [6.07, 6.45) is 0. The molecule has 1 atom stereocenters. The highest BCUT2D eigenvalue weighted by Crippen LogP contribution is 2.37. The zero-order valence-electron chi connectivity index (χ0n) is 16.8. The number of rotatable bonds is 5. The Morgan fingerprint density at radius 3 is 2.13 bits per heavy atom. The first kappa shape index (κ1) is 19.5. The number of amides is 2. The summed E-state index contributed by atoms with van der Waals surface area (Å²) >= 11 is 0. The summed E-state index contributed by atoms with van der Waals surface area (Å²) in [4.78, 5) is 30.1. The van der Waals surface area contributed by atoms with E-state index in [0.717, 1.165) is 5.56 Å². The molecule has 2 amide bonds. The highest BCUT2D eigenvalue weighted by Gasteiger charge is 2.42. The lowest BCUT2D eigenvalue weighted by Crippen LogP contribution is -2.56. The van der Waals surface area contributed by atoms with Crippen molar-refractivity contribution in [2.75, 3.05) is 30.6 Å². The average Bonchev–Trinajstić information content (AvgIpc) is 2.80. The zero-order chi connectivity index (χ0) is 21.1. The molecule has 3 aromatic carbocycles. The summed E-state index contributed by atoms with van der Waals surface area (Å²) in [6.45, 7) is -0.0748. The largest absolute Gasteiger partial charge is 0.497 e. The molecule has 0 unspecified atom stereocenters. The quantitative estimate of drug-likeness (QED) is 0.651. The summed E-state index contributed by atoms with van der Waals surface area (Å²) in [6, 6.07) is 22.9. The smallest absolute Gasteiger partial charge is 0.255 e. The molecule has 6 heteroatoms. The minimum absolute atomic E-state index is 0.0748. The van der Waals surface area contributed by atoms with Gasteiger partial charge in [0, 0.05) is 5.69 Å². The second-order valence-electron chi connectivity index (χ2n) is 6.87. The van der Waals surface area contributed by atoms with Crippen molar-refractivity contribution in [3.05, 3.63) is 84.4 Å². The minimum atomic E-state index is -0.786. The summed E-state index contributed by atoms with van der Waals surface area (Å²) in [5.74, 6) is 0.852. The SMILES string of the molecule is COc1ccc(N2C(=O)CN(c3ccccc3OC)C(=O)[C@H]2c2ccccc2)cc1. The summed E-state index contributed by atoms with van der Waals surface area (Å²) < 4.78 is 10.7. The molecule has 6 nitrogen and oxygen atoms in total. The van der Waals surface area contributed by atoms with Crippen molar-refractivity contribution in [1.29, 1.82) is 0 Å². The molecule has 3 aromatic rings. The number of carbonyl (C=O) groups is 2. The van der Waals surface area contributed by atoms with E-state index < -0.39 is 6.04 Å². The summed E-state index contributed by atoms with van der Waals surface area (Å²) in [5.41, 5.74) is 1.96. The molecule has 0 saturated carbocycles. The van der Waals surface area contributed by atoms with Gasteiger partial charge in [-0.05, 0) is 42.0 Å². The topological polar surface area (TPSA) is 59.1 Å². The van der Waals surface area contributed by atoms with E-state index in [-0.39, 0.29) is 18.4 Å². The maximum absolute atomic E-state index is 13.7. The Hall–Kier alpha value is -3.80. The van der Waals surface area contributed by atoms with Crippen LogP contribution in [0.15, 0.2) is 78.9 Å². The monoisotopic (exact) mass is 402 g/mol. The fourth-order valence-electron chi connectivity index (χ4n) is 3.71. The fourth-order valence-corrected chi connectivity index (χ4v) is 3.71. The molecule has 0 aliphatic carbocycles. The van der Waals surface area contributed by atoms with Gasteiger partial charge in [-0.15, -0.1) is 0 Å². The van der Waals surface area contributed by atoms with Crippen molar-refractivity contribution in [2.45, 2.75) is 6.04 Å². The average molecular weight is 402 g/mol. The molecule has 152 valence electrons. The van der Waals surface area contributed by atoms with Crippen molar-refractivity contribution in [3.8, 4) is 11.5 Å². The molecule has 1 aliphatic rings. The molecule has 4 rings (SSSR count). The molecule has 1 saturated heterocycles. The molecule has 1 aliphatic heterocycles. The van der Waals surface area contributed by atoms with E-state index in [0.29, 0.717) is 22.9 Å². The van der Waals surface area contributed by atoms with Crippen molar-refractivity contribution >= 4 is 23.2 Å². The molecule has 0 radical (unpaired) electrons. The Morgan fingerprint density at radius 1 is 0.800 bits per heavy atom. The number of hydrogen-bond donors (Lipinski definition) is 0. The lowest BCUT2D eigenvalue weighted by atomic mass is 9.99. The van der Waals surface area contributed by atoms with Crippen LogP contribution in [0.25, 0.3) is 0 Å². The number of carbonyl (C=O) groups excluding carboxylic acids is 2. The summed E-state index contributed by atoms with van der Waals surface area (Å²) in [7, 11) is 3.13. The molecule has 1 fully saturated rings. The molecule has 0 spiro atoms. The Labute approximate surface area is 175 Å². The number of anilines is 2. The fraction of sp³-hybridized carbons (Fsp3) is 0.167. The number of ether oxygens (including phenoxy) is 2. The van der Waals surface area contributed by atoms with Crippen LogP contribution in [0.3, 0.4) is 0 Å². The normalized spacial score (nSPS) is 16.5. The maximum Gasteiger partial charge on any atom is 0.255 e. The molecule has 0 bridgehead atoms. The van der Waals surface area contributed by atoms with E-state index in [4.69, 9.17) is 9.47 Å². The van der Waals surface area contributed by atoms with Crippen LogP contribution in [-0.2, 0) is 9.59 Å². The van der Waals surface area contributed by atoms with Gasteiger partial charge in [-0.25, -0.2) is 0 Å². The first-order chi connectivity index (χ1) is 14.6. The van der Waals surface area contributed by atoms with Crippen LogP contribution in [-0.4, -0.2) is 32.6 Å². The van der Waals surface area contributed by atoms with Crippen molar-refractivity contribution in [3.63, 3.8) is 0 Å². The van der Waals surface area contributed by atoms with Gasteiger partial charge in [-0.3, -0.25) is 19.4 Å². The second-order valence-corrected chi connectivity index (χ2v) is 6.87. The lowest BCUT2D eigenvalue weighted by molar-refractivity contribution is -0.128. The number of methoxy groups -OCH3 is 2. The van der Waals surface area contributed by atoms with E-state index in [1.165, 1.54) is 4.90 Å². The van der Waals surface area contributed by atoms with Crippen LogP contribution in [0.1, 0.15) is 11.6 Å². The van der Waals surface area contributed by atoms with Crippen LogP contribution >= 0.6 is 0 Å². The number of hydrogen-bond acceptors (Lipinski definition) is 4. The highest BCUT2D eigenvalue weighted by atomic mass is 16.5. The van der Waals surface area contributed by atoms with Gasteiger partial charge >= 0.3 is 0 Å². The van der Waals surface area contributed by atoms with E-state index in [1.807, 2.05) is 42.5 Å². The number of nitrogens with zero attached hydrogens (tertiary/aromatic N) is 2. The molecule has 30 heavy (non-hydrogen) atoms. The van der Waals surface area contributed by atoms with Gasteiger partial charge in [-0.1, -0.05) is 42.5 Å². The molecular formula is C24H22N2O4. The van der Waals surface area contributed by atoms with Crippen LogP contribution in [0.4, 0.5) is 11.4 Å². The third kappa shape index (κ3) is 3.48. The van der Waals surface area contributed by atoms with Gasteiger partial charge in [0.15, 0.2) is 0 Å². The molecule has 0 aromatic heterocycles. The Kier molecular flexibility index (Phi) is 5.39. The summed E-state index contributed by atoms with van der Waals surface area (Å²) in [5, 5.41) is 0. The standard InChI is InChI=1S/C24H22N2O4/c1-29-19-14-12-18(13-15-19)26-22(27)16-25(20-10-6-7-11-21(20)30-2)24(28)23(26)17-8-4-3-5-9-17/h3-15,23H,16H2,1-2H3/t23-/m1/s1. The second kappa shape index (κ2) is 8.29. The third-order valence-electron chi connectivity index (χ3n) is 5.16. The van der Waals surface area contributed by atoms with Gasteiger partial charge in [0.25, 0.3) is 5.91 Å². The van der Waals surface area contributed by atoms with Gasteiger partial charge in [-0.2, -0.15) is 0 Å². The van der Waals surface area contributed by atoms with Crippen LogP contribution < -0.4 is 19.3 Å². The Bertz CT molecular complexity index is 1050. The van der Waals surface area contributed by atoms with Gasteiger partial charge < -0.3 is 9.47 Å². The van der Waals surface area contributed by atoms with Crippen LogP contribution in [0.2, 0.25) is 0 Å². The van der Waals surface area contributed by atoms with E-state index in [2.05, 4.69) is 0 Å². The molecular weight excluding hydrogens is 380 g/mol. The number of benzene rings is 3. The lowest BCUT2D eigenvalue weighted by Gasteiger charge is -2.40.